The summed E-state index contributed by atoms with van der Waals surface area (Å²) in [5.74, 6) is -0.0905. The Morgan fingerprint density at radius 2 is 1.81 bits per heavy atom. The quantitative estimate of drug-likeness (QED) is 0.732. The van der Waals surface area contributed by atoms with Crippen LogP contribution in [0.15, 0.2) is 24.3 Å². The summed E-state index contributed by atoms with van der Waals surface area (Å²) in [4.78, 5) is 11.6. The van der Waals surface area contributed by atoms with E-state index in [1.165, 1.54) is 0 Å². The zero-order chi connectivity index (χ0) is 12.0. The number of rotatable bonds is 5. The summed E-state index contributed by atoms with van der Waals surface area (Å²) in [6.45, 7) is 4.32. The van der Waals surface area contributed by atoms with Crippen molar-refractivity contribution in [2.75, 3.05) is 0 Å². The Hall–Kier alpha value is -1.02. The van der Waals surface area contributed by atoms with Gasteiger partial charge >= 0.3 is 5.97 Å². The first-order valence-corrected chi connectivity index (χ1v) is 5.96. The second kappa shape index (κ2) is 6.54. The van der Waals surface area contributed by atoms with E-state index < -0.39 is 0 Å². The van der Waals surface area contributed by atoms with Crippen LogP contribution in [0.4, 0.5) is 0 Å². The van der Waals surface area contributed by atoms with Gasteiger partial charge in [0.15, 0.2) is 0 Å². The molecule has 0 aliphatic rings. The average Bonchev–Trinajstić information content (AvgIpc) is 2.30. The van der Waals surface area contributed by atoms with E-state index in [9.17, 15) is 4.79 Å². The zero-order valence-corrected chi connectivity index (χ0v) is 10.5. The number of benzene rings is 1. The van der Waals surface area contributed by atoms with Crippen LogP contribution in [0.25, 0.3) is 0 Å². The van der Waals surface area contributed by atoms with Crippen molar-refractivity contribution < 1.29 is 9.53 Å². The Labute approximate surface area is 102 Å². The van der Waals surface area contributed by atoms with Crippen molar-refractivity contribution in [2.24, 2.45) is 5.92 Å². The lowest BCUT2D eigenvalue weighted by Gasteiger charge is -2.11. The monoisotopic (exact) mass is 240 g/mol. The van der Waals surface area contributed by atoms with Crippen molar-refractivity contribution in [3.05, 3.63) is 34.9 Å². The van der Waals surface area contributed by atoms with Gasteiger partial charge in [0.1, 0.15) is 6.61 Å². The summed E-state index contributed by atoms with van der Waals surface area (Å²) in [6.07, 6.45) is 1.66. The van der Waals surface area contributed by atoms with E-state index in [0.29, 0.717) is 11.6 Å². The van der Waals surface area contributed by atoms with E-state index in [1.807, 2.05) is 26.0 Å². The summed E-state index contributed by atoms with van der Waals surface area (Å²) in [5.41, 5.74) is 0.962. The van der Waals surface area contributed by atoms with Crippen molar-refractivity contribution in [3.8, 4) is 0 Å². The molecule has 0 spiro atoms. The highest BCUT2D eigenvalue weighted by Crippen LogP contribution is 2.13. The lowest BCUT2D eigenvalue weighted by atomic mass is 10.0. The Kier molecular flexibility index (Phi) is 5.33. The second-order valence-electron chi connectivity index (χ2n) is 3.75. The van der Waals surface area contributed by atoms with E-state index in [0.717, 1.165) is 18.4 Å². The molecule has 0 bridgehead atoms. The number of hydrogen-bond donors (Lipinski definition) is 0. The smallest absolute Gasteiger partial charge is 0.309 e. The maximum absolute atomic E-state index is 11.6. The number of carbonyl (C=O) groups excluding carboxylic acids is 1. The van der Waals surface area contributed by atoms with Crippen LogP contribution in [0.1, 0.15) is 32.3 Å². The molecule has 0 aliphatic carbocycles. The van der Waals surface area contributed by atoms with Gasteiger partial charge in [0.05, 0.1) is 5.92 Å². The molecule has 0 saturated carbocycles. The van der Waals surface area contributed by atoms with Crippen molar-refractivity contribution in [1.29, 1.82) is 0 Å². The van der Waals surface area contributed by atoms with Crippen molar-refractivity contribution in [1.82, 2.24) is 0 Å². The van der Waals surface area contributed by atoms with Gasteiger partial charge in [-0.1, -0.05) is 37.6 Å². The van der Waals surface area contributed by atoms with E-state index in [-0.39, 0.29) is 11.9 Å². The predicted molar refractivity (Wildman–Crippen MR) is 65.3 cm³/mol. The minimum atomic E-state index is -0.111. The van der Waals surface area contributed by atoms with Crippen LogP contribution >= 0.6 is 11.6 Å². The lowest BCUT2D eigenvalue weighted by molar-refractivity contribution is -0.150. The molecule has 0 atom stereocenters. The molecule has 0 saturated heterocycles. The molecular weight excluding hydrogens is 224 g/mol. The van der Waals surface area contributed by atoms with E-state index in [4.69, 9.17) is 16.3 Å². The minimum Gasteiger partial charge on any atom is -0.461 e. The highest BCUT2D eigenvalue weighted by molar-refractivity contribution is 6.30. The molecule has 16 heavy (non-hydrogen) atoms. The number of esters is 1. The summed E-state index contributed by atoms with van der Waals surface area (Å²) in [6, 6.07) is 7.31. The summed E-state index contributed by atoms with van der Waals surface area (Å²) in [5, 5.41) is 0.690. The summed E-state index contributed by atoms with van der Waals surface area (Å²) >= 11 is 5.76. The molecule has 0 aromatic heterocycles. The van der Waals surface area contributed by atoms with Crippen molar-refractivity contribution >= 4 is 17.6 Å². The van der Waals surface area contributed by atoms with Gasteiger partial charge in [-0.15, -0.1) is 0 Å². The molecule has 0 aliphatic heterocycles. The molecule has 0 unspecified atom stereocenters. The Morgan fingerprint density at radius 3 is 2.31 bits per heavy atom. The van der Waals surface area contributed by atoms with Gasteiger partial charge in [-0.05, 0) is 30.5 Å². The maximum Gasteiger partial charge on any atom is 0.309 e. The topological polar surface area (TPSA) is 26.3 Å². The van der Waals surface area contributed by atoms with Crippen LogP contribution in [0, 0.1) is 5.92 Å². The van der Waals surface area contributed by atoms with Crippen molar-refractivity contribution in [3.63, 3.8) is 0 Å². The zero-order valence-electron chi connectivity index (χ0n) is 9.70. The molecular formula is C13H17ClO2. The Morgan fingerprint density at radius 1 is 1.25 bits per heavy atom. The summed E-state index contributed by atoms with van der Waals surface area (Å²) < 4.78 is 5.23. The van der Waals surface area contributed by atoms with E-state index in [2.05, 4.69) is 0 Å². The van der Waals surface area contributed by atoms with Gasteiger partial charge in [0, 0.05) is 5.02 Å². The highest BCUT2D eigenvalue weighted by atomic mass is 35.5. The molecule has 1 rings (SSSR count). The fourth-order valence-corrected chi connectivity index (χ4v) is 1.60. The van der Waals surface area contributed by atoms with Gasteiger partial charge in [-0.3, -0.25) is 4.79 Å². The fraction of sp³-hybridized carbons (Fsp3) is 0.462. The van der Waals surface area contributed by atoms with Crippen LogP contribution in [0.5, 0.6) is 0 Å². The van der Waals surface area contributed by atoms with Gasteiger partial charge in [0.2, 0.25) is 0 Å². The van der Waals surface area contributed by atoms with Gasteiger partial charge in [0.25, 0.3) is 0 Å². The van der Waals surface area contributed by atoms with Gasteiger partial charge < -0.3 is 4.74 Å². The SMILES string of the molecule is CCC(CC)C(=O)OCc1ccc(Cl)cc1. The molecule has 0 amide bonds. The maximum atomic E-state index is 11.6. The third-order valence-electron chi connectivity index (χ3n) is 2.61. The first kappa shape index (κ1) is 13.0. The van der Waals surface area contributed by atoms with Crippen LogP contribution in [0.3, 0.4) is 0 Å². The number of halogens is 1. The first-order valence-electron chi connectivity index (χ1n) is 5.58. The highest BCUT2D eigenvalue weighted by Gasteiger charge is 2.15. The van der Waals surface area contributed by atoms with E-state index >= 15 is 0 Å². The molecule has 0 radical (unpaired) electrons. The molecule has 88 valence electrons. The number of hydrogen-bond acceptors (Lipinski definition) is 2. The van der Waals surface area contributed by atoms with Gasteiger partial charge in [-0.25, -0.2) is 0 Å². The average molecular weight is 241 g/mol. The van der Waals surface area contributed by atoms with Crippen LogP contribution in [-0.2, 0) is 16.1 Å². The van der Waals surface area contributed by atoms with Gasteiger partial charge in [-0.2, -0.15) is 0 Å². The number of carbonyl (C=O) groups is 1. The normalized spacial score (nSPS) is 10.5. The predicted octanol–water partition coefficient (Wildman–Crippen LogP) is 3.82. The van der Waals surface area contributed by atoms with Crippen LogP contribution < -0.4 is 0 Å². The fourth-order valence-electron chi connectivity index (χ4n) is 1.47. The molecule has 0 N–H and O–H groups in total. The Bertz CT molecular complexity index is 328. The summed E-state index contributed by atoms with van der Waals surface area (Å²) in [7, 11) is 0. The number of ether oxygens (including phenoxy) is 1. The van der Waals surface area contributed by atoms with Crippen LogP contribution in [0.2, 0.25) is 5.02 Å². The molecule has 0 fully saturated rings. The third-order valence-corrected chi connectivity index (χ3v) is 2.87. The standard InChI is InChI=1S/C13H17ClO2/c1-3-11(4-2)13(15)16-9-10-5-7-12(14)8-6-10/h5-8,11H,3-4,9H2,1-2H3. The van der Waals surface area contributed by atoms with Crippen LogP contribution in [-0.4, -0.2) is 5.97 Å². The third kappa shape index (κ3) is 3.86. The molecule has 0 heterocycles. The Balaban J connectivity index is 2.45. The molecule has 1 aromatic rings. The lowest BCUT2D eigenvalue weighted by Crippen LogP contribution is -2.16. The molecule has 1 aromatic carbocycles. The van der Waals surface area contributed by atoms with E-state index in [1.54, 1.807) is 12.1 Å². The molecule has 3 heteroatoms. The first-order chi connectivity index (χ1) is 7.67. The largest absolute Gasteiger partial charge is 0.461 e. The van der Waals surface area contributed by atoms with Crippen molar-refractivity contribution in [2.45, 2.75) is 33.3 Å². The minimum absolute atomic E-state index is 0.0206. The second-order valence-corrected chi connectivity index (χ2v) is 4.18. The molecule has 2 nitrogen and oxygen atoms in total.